The molecule has 0 aromatic heterocycles. The van der Waals surface area contributed by atoms with Gasteiger partial charge in [0.1, 0.15) is 5.60 Å². The Hall–Kier alpha value is -1.11. The molecule has 1 radical (unpaired) electrons. The van der Waals surface area contributed by atoms with Crippen LogP contribution in [0, 0.1) is 0 Å². The van der Waals surface area contributed by atoms with Gasteiger partial charge in [0.2, 0.25) is 0 Å². The topological polar surface area (TPSA) is 138 Å². The Bertz CT molecular complexity index is 233. The van der Waals surface area contributed by atoms with E-state index in [4.69, 9.17) is 10.2 Å². The van der Waals surface area contributed by atoms with Crippen LogP contribution in [0.15, 0.2) is 0 Å². The summed E-state index contributed by atoms with van der Waals surface area (Å²) in [4.78, 5) is 30.2. The first-order valence-electron chi connectivity index (χ1n) is 3.13. The van der Waals surface area contributed by atoms with E-state index in [0.29, 0.717) is 0 Å². The van der Waals surface area contributed by atoms with Crippen LogP contribution in [0.1, 0.15) is 12.8 Å². The summed E-state index contributed by atoms with van der Waals surface area (Å²) in [5.74, 6) is -5.67. The van der Waals surface area contributed by atoms with Crippen LogP contribution in [0.3, 0.4) is 0 Å². The van der Waals surface area contributed by atoms with E-state index in [0.717, 1.165) is 0 Å². The van der Waals surface area contributed by atoms with Gasteiger partial charge in [0.15, 0.2) is 0 Å². The summed E-state index contributed by atoms with van der Waals surface area (Å²) >= 11 is 0. The number of rotatable bonds is 5. The van der Waals surface area contributed by atoms with Gasteiger partial charge in [-0.25, -0.2) is 0 Å². The molecular formula is C6H6FeO7+. The predicted molar refractivity (Wildman–Crippen MR) is 31.8 cm³/mol. The number of carboxylic acid groups (broad SMARTS) is 3. The molecule has 7 nitrogen and oxygen atoms in total. The van der Waals surface area contributed by atoms with Crippen LogP contribution in [0.4, 0.5) is 0 Å². The van der Waals surface area contributed by atoms with Crippen molar-refractivity contribution in [2.45, 2.75) is 18.4 Å². The van der Waals surface area contributed by atoms with Gasteiger partial charge in [-0.05, 0) is 0 Å². The van der Waals surface area contributed by atoms with Gasteiger partial charge in [0, 0.05) is 12.4 Å². The molecule has 2 N–H and O–H groups in total. The third kappa shape index (κ3) is 4.80. The Morgan fingerprint density at radius 1 is 1.14 bits per heavy atom. The second kappa shape index (κ2) is 5.58. The van der Waals surface area contributed by atoms with Crippen molar-refractivity contribution in [2.24, 2.45) is 0 Å². The molecule has 0 fully saturated rings. The zero-order chi connectivity index (χ0) is 10.6. The molecule has 0 aromatic rings. The van der Waals surface area contributed by atoms with Crippen molar-refractivity contribution in [3.05, 3.63) is 0 Å². The van der Waals surface area contributed by atoms with E-state index in [9.17, 15) is 24.6 Å². The zero-order valence-corrected chi connectivity index (χ0v) is 7.81. The smallest absolute Gasteiger partial charge is 0.550 e. The average Bonchev–Trinajstić information content (AvgIpc) is 1.82. The van der Waals surface area contributed by atoms with Gasteiger partial charge in [-0.15, -0.1) is 0 Å². The summed E-state index contributed by atoms with van der Waals surface area (Å²) in [6.45, 7) is 0. The molecule has 0 aromatic carbocycles. The summed E-state index contributed by atoms with van der Waals surface area (Å²) in [5.41, 5.74) is -2.91. The Morgan fingerprint density at radius 3 is 1.79 bits per heavy atom. The van der Waals surface area contributed by atoms with Crippen LogP contribution < -0.4 is 10.2 Å². The number of carboxylic acids is 3. The number of hydrogen-bond acceptors (Lipinski definition) is 6. The van der Waals surface area contributed by atoms with Gasteiger partial charge in [-0.3, -0.25) is 4.79 Å². The molecule has 0 saturated carbocycles. The second-order valence-corrected chi connectivity index (χ2v) is 2.44. The van der Waals surface area contributed by atoms with Gasteiger partial charge in [-0.1, -0.05) is 0 Å². The number of carbonyl (C=O) groups is 3. The molecule has 79 valence electrons. The van der Waals surface area contributed by atoms with E-state index < -0.39 is 36.4 Å². The average molecular weight is 246 g/mol. The van der Waals surface area contributed by atoms with Crippen molar-refractivity contribution < 1.29 is 51.9 Å². The quantitative estimate of drug-likeness (QED) is 0.472. The first-order chi connectivity index (χ1) is 5.78. The summed E-state index contributed by atoms with van der Waals surface area (Å²) in [5, 5.41) is 37.2. The number of hydrogen-bond donors (Lipinski definition) is 2. The minimum atomic E-state index is -2.91. The number of aliphatic carboxylic acids is 3. The minimum Gasteiger partial charge on any atom is -0.550 e. The molecule has 0 aliphatic carbocycles. The molecule has 0 saturated heterocycles. The summed E-state index contributed by atoms with van der Waals surface area (Å²) in [6.07, 6.45) is -2.56. The Labute approximate surface area is 88.8 Å². The van der Waals surface area contributed by atoms with Gasteiger partial charge >= 0.3 is 23.0 Å². The molecular weight excluding hydrogens is 240 g/mol. The van der Waals surface area contributed by atoms with Crippen molar-refractivity contribution >= 4 is 17.9 Å². The maximum Gasteiger partial charge on any atom is 3.00 e. The summed E-state index contributed by atoms with van der Waals surface area (Å²) < 4.78 is 0. The molecule has 0 aliphatic rings. The van der Waals surface area contributed by atoms with Crippen LogP contribution in [0.5, 0.6) is 0 Å². The van der Waals surface area contributed by atoms with Gasteiger partial charge < -0.3 is 30.0 Å². The van der Waals surface area contributed by atoms with Crippen LogP contribution in [0.25, 0.3) is 0 Å². The summed E-state index contributed by atoms with van der Waals surface area (Å²) in [6, 6.07) is 0. The van der Waals surface area contributed by atoms with E-state index in [2.05, 4.69) is 0 Å². The molecule has 8 heteroatoms. The number of aliphatic hydroxyl groups is 1. The van der Waals surface area contributed by atoms with E-state index in [1.165, 1.54) is 0 Å². The molecule has 0 amide bonds. The fourth-order valence-electron chi connectivity index (χ4n) is 0.696. The molecule has 0 bridgehead atoms. The molecule has 0 heterocycles. The number of carbonyl (C=O) groups excluding carboxylic acids is 2. The fourth-order valence-corrected chi connectivity index (χ4v) is 0.696. The Kier molecular flexibility index (Phi) is 6.13. The molecule has 0 aliphatic heterocycles. The minimum absolute atomic E-state index is 0. The van der Waals surface area contributed by atoms with Crippen LogP contribution in [0.2, 0.25) is 0 Å². The third-order valence-electron chi connectivity index (χ3n) is 1.26. The third-order valence-corrected chi connectivity index (χ3v) is 1.26. The second-order valence-electron chi connectivity index (χ2n) is 2.44. The normalized spacial score (nSPS) is 13.5. The van der Waals surface area contributed by atoms with Crippen molar-refractivity contribution in [1.29, 1.82) is 0 Å². The van der Waals surface area contributed by atoms with E-state index >= 15 is 0 Å². The molecule has 0 rings (SSSR count). The van der Waals surface area contributed by atoms with E-state index in [1.807, 2.05) is 0 Å². The zero-order valence-electron chi connectivity index (χ0n) is 6.70. The van der Waals surface area contributed by atoms with Gasteiger partial charge in [0.25, 0.3) is 0 Å². The Balaban J connectivity index is 0. The predicted octanol–water partition coefficient (Wildman–Crippen LogP) is -3.92. The Morgan fingerprint density at radius 2 is 1.57 bits per heavy atom. The van der Waals surface area contributed by atoms with Gasteiger partial charge in [-0.2, -0.15) is 0 Å². The van der Waals surface area contributed by atoms with Crippen LogP contribution in [-0.4, -0.2) is 33.7 Å². The van der Waals surface area contributed by atoms with Crippen molar-refractivity contribution in [2.75, 3.05) is 0 Å². The van der Waals surface area contributed by atoms with Crippen molar-refractivity contribution in [3.63, 3.8) is 0 Å². The molecule has 1 atom stereocenters. The summed E-state index contributed by atoms with van der Waals surface area (Å²) in [7, 11) is 0. The first kappa shape index (κ1) is 15.4. The van der Waals surface area contributed by atoms with Crippen molar-refractivity contribution in [3.8, 4) is 0 Å². The standard InChI is InChI=1S/C6H8O7.Fe/c7-3(8)1-6(13,5(11)12)2-4(9)10;/h13H,1-2H2,(H,7,8)(H,9,10)(H,11,12);/q;+3/p-2. The molecule has 1 unspecified atom stereocenters. The van der Waals surface area contributed by atoms with Crippen molar-refractivity contribution in [1.82, 2.24) is 0 Å². The van der Waals surface area contributed by atoms with Crippen LogP contribution >= 0.6 is 0 Å². The van der Waals surface area contributed by atoms with Gasteiger partial charge in [0.05, 0.1) is 12.4 Å². The first-order valence-corrected chi connectivity index (χ1v) is 3.13. The molecule has 14 heavy (non-hydrogen) atoms. The monoisotopic (exact) mass is 246 g/mol. The largest absolute Gasteiger partial charge is 3.00 e. The fraction of sp³-hybridized carbons (Fsp3) is 0.500. The molecule has 0 spiro atoms. The maximum absolute atomic E-state index is 10.2. The SMILES string of the molecule is O=C([O-])CC(O)(CC(=O)O)C(=O)[O-].[Fe+3]. The van der Waals surface area contributed by atoms with E-state index in [1.54, 1.807) is 0 Å². The van der Waals surface area contributed by atoms with Crippen LogP contribution in [-0.2, 0) is 31.5 Å². The van der Waals surface area contributed by atoms with E-state index in [-0.39, 0.29) is 17.1 Å². The maximum atomic E-state index is 10.2.